The van der Waals surface area contributed by atoms with Crippen molar-refractivity contribution >= 4 is 16.8 Å². The second-order valence-electron chi connectivity index (χ2n) is 6.04. The van der Waals surface area contributed by atoms with Gasteiger partial charge in [0.25, 0.3) is 5.91 Å². The van der Waals surface area contributed by atoms with Gasteiger partial charge in [-0.2, -0.15) is 5.10 Å². The van der Waals surface area contributed by atoms with Gasteiger partial charge in [0.1, 0.15) is 17.2 Å². The molecule has 7 heteroatoms. The first kappa shape index (κ1) is 15.4. The number of aromatic amines is 1. The number of benzene rings is 1. The van der Waals surface area contributed by atoms with Crippen molar-refractivity contribution < 1.29 is 14.3 Å². The van der Waals surface area contributed by atoms with E-state index in [1.165, 1.54) is 0 Å². The van der Waals surface area contributed by atoms with Crippen LogP contribution in [0.3, 0.4) is 0 Å². The number of carbonyl (C=O) groups excluding carboxylic acids is 1. The molecule has 1 atom stereocenters. The van der Waals surface area contributed by atoms with Gasteiger partial charge in [-0.25, -0.2) is 0 Å². The number of ether oxygens (including phenoxy) is 2. The molecule has 2 N–H and O–H groups in total. The lowest BCUT2D eigenvalue weighted by molar-refractivity contribution is -0.123. The molecule has 1 aliphatic rings. The van der Waals surface area contributed by atoms with Gasteiger partial charge in [-0.1, -0.05) is 0 Å². The van der Waals surface area contributed by atoms with E-state index in [0.717, 1.165) is 27.9 Å². The molecule has 1 aliphatic heterocycles. The number of carbonyl (C=O) groups is 1. The second-order valence-corrected chi connectivity index (χ2v) is 6.04. The van der Waals surface area contributed by atoms with Gasteiger partial charge in [-0.15, -0.1) is 0 Å². The average Bonchev–Trinajstić information content (AvgIpc) is 3.03. The largest absolute Gasteiger partial charge is 0.491 e. The minimum absolute atomic E-state index is 0.0261. The first-order valence-electron chi connectivity index (χ1n) is 8.19. The van der Waals surface area contributed by atoms with Crippen LogP contribution in [0.4, 0.5) is 0 Å². The van der Waals surface area contributed by atoms with Gasteiger partial charge in [-0.3, -0.25) is 14.9 Å². The Bertz CT molecular complexity index is 922. The fourth-order valence-electron chi connectivity index (χ4n) is 2.82. The monoisotopic (exact) mass is 338 g/mol. The number of pyridine rings is 1. The van der Waals surface area contributed by atoms with Crippen LogP contribution in [-0.4, -0.2) is 40.3 Å². The summed E-state index contributed by atoms with van der Waals surface area (Å²) in [5, 5.41) is 11.2. The van der Waals surface area contributed by atoms with E-state index in [2.05, 4.69) is 20.5 Å². The number of hydrogen-bond donors (Lipinski definition) is 2. The van der Waals surface area contributed by atoms with Crippen LogP contribution in [0.5, 0.6) is 11.5 Å². The summed E-state index contributed by atoms with van der Waals surface area (Å²) in [6.45, 7) is 2.46. The van der Waals surface area contributed by atoms with Gasteiger partial charge in [0.2, 0.25) is 0 Å². The van der Waals surface area contributed by atoms with E-state index in [4.69, 9.17) is 9.47 Å². The van der Waals surface area contributed by atoms with Crippen LogP contribution in [0, 0.1) is 0 Å². The third kappa shape index (κ3) is 3.26. The molecule has 4 bridgehead atoms. The Balaban J connectivity index is 1.79. The van der Waals surface area contributed by atoms with Crippen LogP contribution >= 0.6 is 0 Å². The molecule has 1 amide bonds. The molecular formula is C18H18N4O3. The van der Waals surface area contributed by atoms with Gasteiger partial charge in [0.05, 0.1) is 17.8 Å². The van der Waals surface area contributed by atoms with Gasteiger partial charge in [0.15, 0.2) is 6.61 Å². The molecule has 7 nitrogen and oxygen atoms in total. The number of nitrogens with one attached hydrogen (secondary N) is 2. The molecule has 0 saturated carbocycles. The summed E-state index contributed by atoms with van der Waals surface area (Å²) in [4.78, 5) is 16.1. The fraction of sp³-hybridized carbons (Fsp3) is 0.278. The Hall–Kier alpha value is -3.09. The van der Waals surface area contributed by atoms with Crippen LogP contribution in [-0.2, 0) is 4.79 Å². The third-order valence-corrected chi connectivity index (χ3v) is 4.10. The molecule has 128 valence electrons. The molecule has 0 radical (unpaired) electrons. The molecule has 0 fully saturated rings. The topological polar surface area (TPSA) is 89.1 Å². The zero-order valence-corrected chi connectivity index (χ0v) is 13.8. The quantitative estimate of drug-likeness (QED) is 0.656. The summed E-state index contributed by atoms with van der Waals surface area (Å²) in [5.74, 6) is 1.12. The van der Waals surface area contributed by atoms with E-state index < -0.39 is 0 Å². The molecule has 1 aromatic carbocycles. The second kappa shape index (κ2) is 6.43. The summed E-state index contributed by atoms with van der Waals surface area (Å²) in [5.41, 5.74) is 2.50. The van der Waals surface area contributed by atoms with Crippen molar-refractivity contribution in [2.45, 2.75) is 19.4 Å². The van der Waals surface area contributed by atoms with E-state index in [1.54, 1.807) is 12.4 Å². The molecule has 2 aromatic heterocycles. The van der Waals surface area contributed by atoms with Gasteiger partial charge in [-0.05, 0) is 31.2 Å². The number of hydrogen-bond acceptors (Lipinski definition) is 5. The maximum absolute atomic E-state index is 11.9. The lowest BCUT2D eigenvalue weighted by Gasteiger charge is -2.15. The minimum atomic E-state index is -0.171. The highest BCUT2D eigenvalue weighted by Crippen LogP contribution is 2.31. The van der Waals surface area contributed by atoms with Crippen LogP contribution in [0.2, 0.25) is 0 Å². The highest BCUT2D eigenvalue weighted by atomic mass is 16.5. The van der Waals surface area contributed by atoms with E-state index in [1.807, 2.05) is 31.2 Å². The third-order valence-electron chi connectivity index (χ3n) is 4.10. The van der Waals surface area contributed by atoms with Crippen LogP contribution in [0.1, 0.15) is 13.3 Å². The van der Waals surface area contributed by atoms with Crippen LogP contribution in [0.15, 0.2) is 36.7 Å². The summed E-state index contributed by atoms with van der Waals surface area (Å²) >= 11 is 0. The molecule has 0 saturated heterocycles. The van der Waals surface area contributed by atoms with Crippen molar-refractivity contribution in [2.75, 3.05) is 13.2 Å². The smallest absolute Gasteiger partial charge is 0.257 e. The van der Waals surface area contributed by atoms with Crippen molar-refractivity contribution in [1.82, 2.24) is 20.5 Å². The SMILES string of the molecule is CC1CCNC(=O)COc2cncc(c2)-c2n[nH]c3ccc(cc23)O1. The van der Waals surface area contributed by atoms with Crippen molar-refractivity contribution in [2.24, 2.45) is 0 Å². The van der Waals surface area contributed by atoms with Crippen molar-refractivity contribution in [1.29, 1.82) is 0 Å². The fourth-order valence-corrected chi connectivity index (χ4v) is 2.82. The van der Waals surface area contributed by atoms with Gasteiger partial charge < -0.3 is 14.8 Å². The first-order valence-corrected chi connectivity index (χ1v) is 8.19. The predicted molar refractivity (Wildman–Crippen MR) is 92.5 cm³/mol. The van der Waals surface area contributed by atoms with E-state index >= 15 is 0 Å². The number of aromatic nitrogens is 3. The molecule has 3 aromatic rings. The maximum Gasteiger partial charge on any atom is 0.257 e. The van der Waals surface area contributed by atoms with Crippen molar-refractivity contribution in [3.8, 4) is 22.8 Å². The Morgan fingerprint density at radius 3 is 3.04 bits per heavy atom. The zero-order valence-electron chi connectivity index (χ0n) is 13.8. The number of nitrogens with zero attached hydrogens (tertiary/aromatic N) is 2. The van der Waals surface area contributed by atoms with Crippen molar-refractivity contribution in [3.63, 3.8) is 0 Å². The molecule has 1 unspecified atom stereocenters. The standard InChI is InChI=1S/C18H18N4O3/c1-11-4-5-20-17(23)10-24-14-6-12(8-19-9-14)18-15-7-13(25-11)2-3-16(15)21-22-18/h2-3,6-9,11H,4-5,10H2,1H3,(H,20,23)(H,21,22). The lowest BCUT2D eigenvalue weighted by atomic mass is 10.1. The Morgan fingerprint density at radius 2 is 2.12 bits per heavy atom. The lowest BCUT2D eigenvalue weighted by Crippen LogP contribution is -2.31. The number of amides is 1. The highest BCUT2D eigenvalue weighted by molar-refractivity contribution is 5.93. The summed E-state index contributed by atoms with van der Waals surface area (Å²) < 4.78 is 11.5. The van der Waals surface area contributed by atoms with E-state index in [9.17, 15) is 4.79 Å². The molecule has 0 spiro atoms. The predicted octanol–water partition coefficient (Wildman–Crippen LogP) is 2.29. The minimum Gasteiger partial charge on any atom is -0.491 e. The van der Waals surface area contributed by atoms with Gasteiger partial charge >= 0.3 is 0 Å². The first-order chi connectivity index (χ1) is 12.2. The zero-order chi connectivity index (χ0) is 17.2. The summed E-state index contributed by atoms with van der Waals surface area (Å²) in [7, 11) is 0. The average molecular weight is 338 g/mol. The summed E-state index contributed by atoms with van der Waals surface area (Å²) in [6.07, 6.45) is 3.98. The molecule has 0 aliphatic carbocycles. The maximum atomic E-state index is 11.9. The molecule has 4 rings (SSSR count). The van der Waals surface area contributed by atoms with Crippen molar-refractivity contribution in [3.05, 3.63) is 36.7 Å². The summed E-state index contributed by atoms with van der Waals surface area (Å²) in [6, 6.07) is 7.65. The Morgan fingerprint density at radius 1 is 1.20 bits per heavy atom. The Kier molecular flexibility index (Phi) is 3.97. The molecule has 25 heavy (non-hydrogen) atoms. The number of fused-ring (bicyclic) bond motifs is 4. The molecule has 3 heterocycles. The normalized spacial score (nSPS) is 18.0. The molecular weight excluding hydrogens is 320 g/mol. The van der Waals surface area contributed by atoms with E-state index in [0.29, 0.717) is 18.7 Å². The number of H-pyrrole nitrogens is 1. The van der Waals surface area contributed by atoms with E-state index in [-0.39, 0.29) is 18.6 Å². The highest BCUT2D eigenvalue weighted by Gasteiger charge is 2.13. The Labute approximate surface area is 144 Å². The number of rotatable bonds is 0. The van der Waals surface area contributed by atoms with Crippen LogP contribution < -0.4 is 14.8 Å². The van der Waals surface area contributed by atoms with Crippen LogP contribution in [0.25, 0.3) is 22.2 Å². The van der Waals surface area contributed by atoms with Gasteiger partial charge in [0, 0.05) is 30.1 Å².